The number of nitrogens with zero attached hydrogens (tertiary/aromatic N) is 2. The van der Waals surface area contributed by atoms with Crippen molar-refractivity contribution in [2.45, 2.75) is 33.6 Å². The van der Waals surface area contributed by atoms with Gasteiger partial charge in [0, 0.05) is 19.7 Å². The van der Waals surface area contributed by atoms with Gasteiger partial charge in [-0.15, -0.1) is 0 Å². The zero-order valence-electron chi connectivity index (χ0n) is 11.8. The highest BCUT2D eigenvalue weighted by atomic mass is 35.5. The monoisotopic (exact) mass is 286 g/mol. The lowest BCUT2D eigenvalue weighted by Crippen LogP contribution is -2.25. The molecule has 0 atom stereocenters. The van der Waals surface area contributed by atoms with E-state index < -0.39 is 0 Å². The van der Waals surface area contributed by atoms with E-state index in [1.807, 2.05) is 0 Å². The molecule has 0 unspecified atom stereocenters. The van der Waals surface area contributed by atoms with E-state index in [1.54, 1.807) is 6.20 Å². The van der Waals surface area contributed by atoms with Crippen LogP contribution in [-0.4, -0.2) is 34.8 Å². The van der Waals surface area contributed by atoms with Crippen molar-refractivity contribution < 1.29 is 5.11 Å². The molecule has 19 heavy (non-hydrogen) atoms. The molecule has 0 saturated heterocycles. The van der Waals surface area contributed by atoms with Gasteiger partial charge in [-0.3, -0.25) is 0 Å². The molecule has 5 nitrogen and oxygen atoms in total. The van der Waals surface area contributed by atoms with Crippen LogP contribution in [0.25, 0.3) is 0 Å². The summed E-state index contributed by atoms with van der Waals surface area (Å²) >= 11 is 6.07. The fourth-order valence-electron chi connectivity index (χ4n) is 1.53. The van der Waals surface area contributed by atoms with Crippen LogP contribution >= 0.6 is 11.6 Å². The summed E-state index contributed by atoms with van der Waals surface area (Å²) in [6, 6.07) is 0. The molecule has 0 aliphatic rings. The minimum Gasteiger partial charge on any atom is -0.396 e. The van der Waals surface area contributed by atoms with E-state index in [0.717, 1.165) is 19.4 Å². The number of hydrogen-bond donors (Lipinski definition) is 3. The number of halogens is 1. The summed E-state index contributed by atoms with van der Waals surface area (Å²) in [4.78, 5) is 8.47. The van der Waals surface area contributed by atoms with Gasteiger partial charge < -0.3 is 15.7 Å². The molecule has 6 heteroatoms. The summed E-state index contributed by atoms with van der Waals surface area (Å²) < 4.78 is 0. The lowest BCUT2D eigenvalue weighted by molar-refractivity contribution is 0.220. The minimum absolute atomic E-state index is 0.0138. The van der Waals surface area contributed by atoms with Gasteiger partial charge in [0.1, 0.15) is 5.02 Å². The lowest BCUT2D eigenvalue weighted by Gasteiger charge is -2.24. The minimum atomic E-state index is -0.0138. The van der Waals surface area contributed by atoms with Crippen LogP contribution in [0.15, 0.2) is 6.20 Å². The fourth-order valence-corrected chi connectivity index (χ4v) is 1.68. The van der Waals surface area contributed by atoms with Gasteiger partial charge in [-0.2, -0.15) is 4.98 Å². The van der Waals surface area contributed by atoms with E-state index in [4.69, 9.17) is 16.7 Å². The maximum absolute atomic E-state index is 9.01. The van der Waals surface area contributed by atoms with Crippen molar-refractivity contribution in [2.75, 3.05) is 30.3 Å². The molecular weight excluding hydrogens is 264 g/mol. The number of aliphatic hydroxyl groups is 1. The number of aromatic nitrogens is 2. The predicted octanol–water partition coefficient (Wildman–Crippen LogP) is 2.77. The van der Waals surface area contributed by atoms with Gasteiger partial charge in [-0.1, -0.05) is 32.4 Å². The van der Waals surface area contributed by atoms with Crippen LogP contribution in [-0.2, 0) is 0 Å². The second-order valence-electron chi connectivity index (χ2n) is 5.31. The standard InChI is InChI=1S/C13H23ClN4O/c1-4-6-15-12-16-8-10(14)11(18-12)17-9-13(2,3)5-7-19/h8,19H,4-7,9H2,1-3H3,(H2,15,16,17,18). The molecule has 3 N–H and O–H groups in total. The van der Waals surface area contributed by atoms with Gasteiger partial charge in [-0.25, -0.2) is 4.98 Å². The zero-order valence-corrected chi connectivity index (χ0v) is 12.6. The topological polar surface area (TPSA) is 70.1 Å². The molecule has 0 bridgehead atoms. The van der Waals surface area contributed by atoms with Crippen molar-refractivity contribution in [1.29, 1.82) is 0 Å². The first-order valence-electron chi connectivity index (χ1n) is 6.59. The molecular formula is C13H23ClN4O. The Morgan fingerprint density at radius 2 is 2.11 bits per heavy atom. The molecule has 1 aromatic rings. The molecule has 1 heterocycles. The Labute approximate surface area is 119 Å². The van der Waals surface area contributed by atoms with E-state index in [0.29, 0.717) is 23.3 Å². The lowest BCUT2D eigenvalue weighted by atomic mass is 9.90. The summed E-state index contributed by atoms with van der Waals surface area (Å²) in [6.45, 7) is 7.95. The van der Waals surface area contributed by atoms with Crippen molar-refractivity contribution in [3.63, 3.8) is 0 Å². The summed E-state index contributed by atoms with van der Waals surface area (Å²) in [7, 11) is 0. The van der Waals surface area contributed by atoms with Gasteiger partial charge in [0.15, 0.2) is 5.82 Å². The smallest absolute Gasteiger partial charge is 0.224 e. The molecule has 0 radical (unpaired) electrons. The van der Waals surface area contributed by atoms with Gasteiger partial charge in [0.05, 0.1) is 6.20 Å². The first-order valence-corrected chi connectivity index (χ1v) is 6.97. The van der Waals surface area contributed by atoms with Crippen LogP contribution in [0.5, 0.6) is 0 Å². The van der Waals surface area contributed by atoms with Crippen LogP contribution in [0, 0.1) is 5.41 Å². The average Bonchev–Trinajstić information content (AvgIpc) is 2.36. The van der Waals surface area contributed by atoms with Gasteiger partial charge >= 0.3 is 0 Å². The van der Waals surface area contributed by atoms with Gasteiger partial charge in [0.2, 0.25) is 5.95 Å². The van der Waals surface area contributed by atoms with Crippen molar-refractivity contribution in [2.24, 2.45) is 5.41 Å². The zero-order chi connectivity index (χ0) is 14.3. The molecule has 1 rings (SSSR count). The Hall–Kier alpha value is -1.07. The molecule has 108 valence electrons. The first kappa shape index (κ1) is 16.0. The molecule has 0 saturated carbocycles. The van der Waals surface area contributed by atoms with Gasteiger partial charge in [-0.05, 0) is 18.3 Å². The molecule has 1 aromatic heterocycles. The van der Waals surface area contributed by atoms with E-state index in [9.17, 15) is 0 Å². The van der Waals surface area contributed by atoms with E-state index in [-0.39, 0.29) is 12.0 Å². The maximum Gasteiger partial charge on any atom is 0.224 e. The Bertz CT molecular complexity index is 398. The van der Waals surface area contributed by atoms with Crippen LogP contribution in [0.2, 0.25) is 5.02 Å². The Kier molecular flexibility index (Phi) is 6.31. The number of hydrogen-bond acceptors (Lipinski definition) is 5. The number of aliphatic hydroxyl groups excluding tert-OH is 1. The third-order valence-electron chi connectivity index (χ3n) is 2.80. The van der Waals surface area contributed by atoms with Crippen LogP contribution in [0.3, 0.4) is 0 Å². The molecule has 0 fully saturated rings. The van der Waals surface area contributed by atoms with E-state index in [2.05, 4.69) is 41.4 Å². The fraction of sp³-hybridized carbons (Fsp3) is 0.692. The van der Waals surface area contributed by atoms with E-state index in [1.165, 1.54) is 0 Å². The molecule has 0 aliphatic carbocycles. The van der Waals surface area contributed by atoms with Crippen molar-refractivity contribution in [3.8, 4) is 0 Å². The normalized spacial score (nSPS) is 11.4. The Balaban J connectivity index is 2.66. The van der Waals surface area contributed by atoms with E-state index >= 15 is 0 Å². The predicted molar refractivity (Wildman–Crippen MR) is 79.8 cm³/mol. The number of anilines is 2. The largest absolute Gasteiger partial charge is 0.396 e. The van der Waals surface area contributed by atoms with Gasteiger partial charge in [0.25, 0.3) is 0 Å². The molecule has 0 aliphatic heterocycles. The molecule has 0 aromatic carbocycles. The maximum atomic E-state index is 9.01. The van der Waals surface area contributed by atoms with Crippen molar-refractivity contribution in [1.82, 2.24) is 9.97 Å². The third kappa shape index (κ3) is 5.61. The summed E-state index contributed by atoms with van der Waals surface area (Å²) in [6.07, 6.45) is 3.33. The van der Waals surface area contributed by atoms with Crippen LogP contribution < -0.4 is 10.6 Å². The van der Waals surface area contributed by atoms with Crippen LogP contribution in [0.1, 0.15) is 33.6 Å². The van der Waals surface area contributed by atoms with Crippen LogP contribution in [0.4, 0.5) is 11.8 Å². The highest BCUT2D eigenvalue weighted by Crippen LogP contribution is 2.24. The number of rotatable bonds is 8. The molecule has 0 spiro atoms. The second kappa shape index (κ2) is 7.50. The average molecular weight is 287 g/mol. The van der Waals surface area contributed by atoms with Crippen molar-refractivity contribution in [3.05, 3.63) is 11.2 Å². The summed E-state index contributed by atoms with van der Waals surface area (Å²) in [5, 5.41) is 15.9. The SMILES string of the molecule is CCCNc1ncc(Cl)c(NCC(C)(C)CCO)n1. The number of nitrogens with one attached hydrogen (secondary N) is 2. The summed E-state index contributed by atoms with van der Waals surface area (Å²) in [5.74, 6) is 1.20. The first-order chi connectivity index (χ1) is 8.98. The third-order valence-corrected chi connectivity index (χ3v) is 3.08. The highest BCUT2D eigenvalue weighted by Gasteiger charge is 2.17. The van der Waals surface area contributed by atoms with Crippen molar-refractivity contribution >= 4 is 23.4 Å². The Morgan fingerprint density at radius 1 is 1.37 bits per heavy atom. The Morgan fingerprint density at radius 3 is 2.74 bits per heavy atom. The highest BCUT2D eigenvalue weighted by molar-refractivity contribution is 6.32. The summed E-state index contributed by atoms with van der Waals surface area (Å²) in [5.41, 5.74) is -0.0138. The molecule has 0 amide bonds. The quantitative estimate of drug-likeness (QED) is 0.685. The second-order valence-corrected chi connectivity index (χ2v) is 5.72.